The van der Waals surface area contributed by atoms with Gasteiger partial charge in [0, 0.05) is 5.02 Å². The van der Waals surface area contributed by atoms with Crippen LogP contribution in [0.25, 0.3) is 0 Å². The maximum atomic E-state index is 13.1. The zero-order valence-corrected chi connectivity index (χ0v) is 14.9. The van der Waals surface area contributed by atoms with E-state index in [4.69, 9.17) is 15.8 Å². The van der Waals surface area contributed by atoms with Crippen molar-refractivity contribution in [3.05, 3.63) is 34.9 Å². The van der Waals surface area contributed by atoms with E-state index < -0.39 is 21.2 Å². The molecule has 0 aliphatic heterocycles. The van der Waals surface area contributed by atoms with Crippen LogP contribution in [0.2, 0.25) is 5.02 Å². The summed E-state index contributed by atoms with van der Waals surface area (Å²) in [6.07, 6.45) is 3.89. The Morgan fingerprint density at radius 1 is 1.04 bits per heavy atom. The molecule has 1 aromatic carbocycles. The van der Waals surface area contributed by atoms with Crippen molar-refractivity contribution in [3.8, 4) is 0 Å². The molecule has 1 aromatic rings. The van der Waals surface area contributed by atoms with E-state index >= 15 is 0 Å². The molecule has 4 aliphatic carbocycles. The summed E-state index contributed by atoms with van der Waals surface area (Å²) in [5, 5.41) is 0.360. The Balaban J connectivity index is 1.85. The molecule has 0 atom stereocenters. The van der Waals surface area contributed by atoms with E-state index in [1.807, 2.05) is 0 Å². The van der Waals surface area contributed by atoms with Crippen LogP contribution in [-0.4, -0.2) is 13.9 Å². The van der Waals surface area contributed by atoms with Crippen molar-refractivity contribution in [2.45, 2.75) is 43.2 Å². The van der Waals surface area contributed by atoms with Crippen LogP contribution < -0.4 is 0 Å². The molecular weight excluding hydrogens is 377 g/mol. The highest BCUT2D eigenvalue weighted by Crippen LogP contribution is 2.64. The number of benzene rings is 1. The first kappa shape index (κ1) is 17.6. The molecule has 3 nitrogen and oxygen atoms in total. The molecule has 4 saturated carbocycles. The van der Waals surface area contributed by atoms with Gasteiger partial charge >= 0.3 is 15.6 Å². The van der Waals surface area contributed by atoms with E-state index in [0.717, 1.165) is 6.42 Å². The average Bonchev–Trinajstić information content (AvgIpc) is 2.49. The second kappa shape index (κ2) is 5.60. The molecule has 0 heterocycles. The summed E-state index contributed by atoms with van der Waals surface area (Å²) < 4.78 is 68.2. The van der Waals surface area contributed by atoms with Gasteiger partial charge in [0.1, 0.15) is 5.60 Å². The monoisotopic (exact) mass is 394 g/mol. The molecule has 0 spiro atoms. The Kier molecular flexibility index (Phi) is 3.95. The second-order valence-corrected chi connectivity index (χ2v) is 9.57. The minimum absolute atomic E-state index is 0.237. The highest BCUT2D eigenvalue weighted by molar-refractivity contribution is 7.87. The van der Waals surface area contributed by atoms with Crippen molar-refractivity contribution >= 4 is 21.7 Å². The van der Waals surface area contributed by atoms with Gasteiger partial charge in [-0.15, -0.1) is 0 Å². The Hall–Kier alpha value is -0.790. The zero-order chi connectivity index (χ0) is 18.0. The minimum Gasteiger partial charge on any atom is -0.251 e. The van der Waals surface area contributed by atoms with Crippen molar-refractivity contribution < 1.29 is 25.8 Å². The van der Waals surface area contributed by atoms with Crippen LogP contribution >= 0.6 is 11.6 Å². The number of rotatable bonds is 3. The second-order valence-electron chi connectivity index (χ2n) is 7.59. The van der Waals surface area contributed by atoms with Gasteiger partial charge in [-0.25, -0.2) is 0 Å². The molecule has 138 valence electrons. The third-order valence-electron chi connectivity index (χ3n) is 6.16. The summed E-state index contributed by atoms with van der Waals surface area (Å²) in [6.45, 7) is 0. The Morgan fingerprint density at radius 2 is 1.60 bits per heavy atom. The van der Waals surface area contributed by atoms with Crippen LogP contribution in [0.4, 0.5) is 13.2 Å². The lowest BCUT2D eigenvalue weighted by Gasteiger charge is -2.60. The SMILES string of the molecule is O=S(=O)(OC1(c2cccc(Cl)c2)C2CC3CC(C2)CC1C3)C(F)(F)F. The number of hydrogen-bond acceptors (Lipinski definition) is 3. The number of hydrogen-bond donors (Lipinski definition) is 0. The van der Waals surface area contributed by atoms with Crippen molar-refractivity contribution in [2.24, 2.45) is 23.7 Å². The molecule has 25 heavy (non-hydrogen) atoms. The van der Waals surface area contributed by atoms with Gasteiger partial charge in [0.05, 0.1) is 0 Å². The molecule has 0 unspecified atom stereocenters. The molecule has 0 N–H and O–H groups in total. The van der Waals surface area contributed by atoms with E-state index in [-0.39, 0.29) is 11.8 Å². The van der Waals surface area contributed by atoms with Gasteiger partial charge in [-0.3, -0.25) is 4.18 Å². The third-order valence-corrected chi connectivity index (χ3v) is 7.46. The van der Waals surface area contributed by atoms with Crippen LogP contribution in [0, 0.1) is 23.7 Å². The third kappa shape index (κ3) is 2.70. The molecule has 8 heteroatoms. The Morgan fingerprint density at radius 3 is 2.08 bits per heavy atom. The van der Waals surface area contributed by atoms with Crippen LogP contribution in [0.3, 0.4) is 0 Å². The fourth-order valence-corrected chi connectivity index (χ4v) is 6.52. The molecule has 0 amide bonds. The van der Waals surface area contributed by atoms with Gasteiger partial charge in [0.15, 0.2) is 0 Å². The van der Waals surface area contributed by atoms with E-state index in [0.29, 0.717) is 48.1 Å². The van der Waals surface area contributed by atoms with Crippen molar-refractivity contribution in [1.82, 2.24) is 0 Å². The average molecular weight is 395 g/mol. The lowest BCUT2D eigenvalue weighted by molar-refractivity contribution is -0.169. The first-order valence-electron chi connectivity index (χ1n) is 8.40. The van der Waals surface area contributed by atoms with Crippen molar-refractivity contribution in [2.75, 3.05) is 0 Å². The van der Waals surface area contributed by atoms with Gasteiger partial charge in [0.25, 0.3) is 0 Å². The number of alkyl halides is 3. The standard InChI is InChI=1S/C17H18ClF3O3S/c18-15-3-1-2-12(9-15)16(24-25(22,23)17(19,20)21)13-5-10-4-11(7-13)8-14(16)6-10/h1-3,9-11,13-14H,4-8H2. The fourth-order valence-electron chi connectivity index (χ4n) is 5.50. The summed E-state index contributed by atoms with van der Waals surface area (Å²) in [7, 11) is -5.70. The minimum atomic E-state index is -5.70. The lowest BCUT2D eigenvalue weighted by atomic mass is 9.48. The molecule has 5 rings (SSSR count). The van der Waals surface area contributed by atoms with Gasteiger partial charge in [0.2, 0.25) is 0 Å². The van der Waals surface area contributed by atoms with Crippen LogP contribution in [0.5, 0.6) is 0 Å². The van der Waals surface area contributed by atoms with E-state index in [1.165, 1.54) is 0 Å². The summed E-state index contributed by atoms with van der Waals surface area (Å²) in [6, 6.07) is 6.44. The normalized spacial score (nSPS) is 37.4. The Bertz CT molecular complexity index is 763. The van der Waals surface area contributed by atoms with Gasteiger partial charge in [-0.2, -0.15) is 21.6 Å². The molecule has 0 aromatic heterocycles. The van der Waals surface area contributed by atoms with Crippen molar-refractivity contribution in [1.29, 1.82) is 0 Å². The molecule has 4 bridgehead atoms. The van der Waals surface area contributed by atoms with Gasteiger partial charge in [-0.05, 0) is 73.5 Å². The molecule has 0 radical (unpaired) electrons. The summed E-state index contributed by atoms with van der Waals surface area (Å²) in [5.74, 6) is 0.428. The topological polar surface area (TPSA) is 43.4 Å². The van der Waals surface area contributed by atoms with E-state index in [1.54, 1.807) is 24.3 Å². The van der Waals surface area contributed by atoms with Gasteiger partial charge in [-0.1, -0.05) is 23.7 Å². The quantitative estimate of drug-likeness (QED) is 0.543. The van der Waals surface area contributed by atoms with Crippen LogP contribution in [-0.2, 0) is 19.9 Å². The summed E-state index contributed by atoms with van der Waals surface area (Å²) >= 11 is 6.05. The maximum absolute atomic E-state index is 13.1. The van der Waals surface area contributed by atoms with E-state index in [9.17, 15) is 21.6 Å². The first-order valence-corrected chi connectivity index (χ1v) is 10.2. The molecule has 4 fully saturated rings. The number of halogens is 4. The highest BCUT2D eigenvalue weighted by atomic mass is 35.5. The lowest BCUT2D eigenvalue weighted by Crippen LogP contribution is -2.58. The first-order chi connectivity index (χ1) is 11.6. The molecule has 0 saturated heterocycles. The largest absolute Gasteiger partial charge is 0.523 e. The molecule has 4 aliphatic rings. The highest BCUT2D eigenvalue weighted by Gasteiger charge is 2.63. The fraction of sp³-hybridized carbons (Fsp3) is 0.647. The van der Waals surface area contributed by atoms with E-state index in [2.05, 4.69) is 0 Å². The zero-order valence-electron chi connectivity index (χ0n) is 13.3. The molecular formula is C17H18ClF3O3S. The summed E-state index contributed by atoms with van der Waals surface area (Å²) in [5.41, 5.74) is -6.46. The maximum Gasteiger partial charge on any atom is 0.523 e. The van der Waals surface area contributed by atoms with Gasteiger partial charge < -0.3 is 0 Å². The van der Waals surface area contributed by atoms with Crippen LogP contribution in [0.1, 0.15) is 37.7 Å². The summed E-state index contributed by atoms with van der Waals surface area (Å²) in [4.78, 5) is 0. The smallest absolute Gasteiger partial charge is 0.251 e. The Labute approximate surface area is 149 Å². The predicted molar refractivity (Wildman–Crippen MR) is 86.2 cm³/mol. The predicted octanol–water partition coefficient (Wildman–Crippen LogP) is 4.86. The van der Waals surface area contributed by atoms with Crippen molar-refractivity contribution in [3.63, 3.8) is 0 Å². The van der Waals surface area contributed by atoms with Crippen LogP contribution in [0.15, 0.2) is 24.3 Å².